The number of halogens is 2. The summed E-state index contributed by atoms with van der Waals surface area (Å²) in [5.41, 5.74) is -0.0832. The summed E-state index contributed by atoms with van der Waals surface area (Å²) in [4.78, 5) is 27.7. The highest BCUT2D eigenvalue weighted by Crippen LogP contribution is 2.21. The van der Waals surface area contributed by atoms with Gasteiger partial charge in [0.15, 0.2) is 0 Å². The van der Waals surface area contributed by atoms with E-state index in [2.05, 4.69) is 5.32 Å². The lowest BCUT2D eigenvalue weighted by Crippen LogP contribution is -2.51. The number of amides is 2. The monoisotopic (exact) mass is 341 g/mol. The number of hydrogen-bond acceptors (Lipinski definition) is 3. The van der Waals surface area contributed by atoms with Crippen molar-refractivity contribution in [1.29, 1.82) is 0 Å². The van der Waals surface area contributed by atoms with E-state index in [-0.39, 0.29) is 22.5 Å². The molecule has 0 aromatic heterocycles. The molecule has 1 saturated heterocycles. The summed E-state index contributed by atoms with van der Waals surface area (Å²) >= 11 is 5.94. The third-order valence-electron chi connectivity index (χ3n) is 3.65. The SMILES string of the molecule is CC(C)NC(=O)CN1CCN(C(=O)c2c(F)cccc2Cl)CC1. The van der Waals surface area contributed by atoms with Crippen LogP contribution >= 0.6 is 11.6 Å². The summed E-state index contributed by atoms with van der Waals surface area (Å²) in [6, 6.07) is 4.31. The van der Waals surface area contributed by atoms with Crippen molar-refractivity contribution in [1.82, 2.24) is 15.1 Å². The van der Waals surface area contributed by atoms with E-state index < -0.39 is 11.7 Å². The first-order valence-corrected chi connectivity index (χ1v) is 8.01. The Bertz CT molecular complexity index is 566. The molecule has 1 aromatic carbocycles. The van der Waals surface area contributed by atoms with Crippen LogP contribution in [0, 0.1) is 5.82 Å². The zero-order valence-electron chi connectivity index (χ0n) is 13.3. The second-order valence-corrected chi connectivity index (χ2v) is 6.29. The predicted molar refractivity (Wildman–Crippen MR) is 87.0 cm³/mol. The zero-order valence-corrected chi connectivity index (χ0v) is 14.1. The van der Waals surface area contributed by atoms with Crippen LogP contribution in [0.3, 0.4) is 0 Å². The lowest BCUT2D eigenvalue weighted by atomic mass is 10.1. The number of hydrogen-bond donors (Lipinski definition) is 1. The summed E-state index contributed by atoms with van der Waals surface area (Å²) in [5.74, 6) is -1.04. The molecule has 5 nitrogen and oxygen atoms in total. The van der Waals surface area contributed by atoms with Crippen molar-refractivity contribution in [3.63, 3.8) is 0 Å². The van der Waals surface area contributed by atoms with Crippen LogP contribution in [0.5, 0.6) is 0 Å². The van der Waals surface area contributed by atoms with E-state index in [9.17, 15) is 14.0 Å². The molecular weight excluding hydrogens is 321 g/mol. The van der Waals surface area contributed by atoms with Crippen molar-refractivity contribution < 1.29 is 14.0 Å². The van der Waals surface area contributed by atoms with E-state index in [0.29, 0.717) is 32.7 Å². The molecule has 0 bridgehead atoms. The second kappa shape index (κ2) is 7.75. The van der Waals surface area contributed by atoms with Gasteiger partial charge in [0.2, 0.25) is 5.91 Å². The number of nitrogens with one attached hydrogen (secondary N) is 1. The van der Waals surface area contributed by atoms with Gasteiger partial charge in [-0.2, -0.15) is 0 Å². The molecule has 0 radical (unpaired) electrons. The van der Waals surface area contributed by atoms with Gasteiger partial charge in [-0.15, -0.1) is 0 Å². The van der Waals surface area contributed by atoms with E-state index in [1.54, 1.807) is 4.90 Å². The standard InChI is InChI=1S/C16H21ClFN3O2/c1-11(2)19-14(22)10-20-6-8-21(9-7-20)16(23)15-12(17)4-3-5-13(15)18/h3-5,11H,6-10H2,1-2H3,(H,19,22). The molecule has 0 unspecified atom stereocenters. The van der Waals surface area contributed by atoms with E-state index in [1.165, 1.54) is 18.2 Å². The van der Waals surface area contributed by atoms with Crippen molar-refractivity contribution in [2.24, 2.45) is 0 Å². The fourth-order valence-electron chi connectivity index (χ4n) is 2.54. The minimum atomic E-state index is -0.610. The van der Waals surface area contributed by atoms with Gasteiger partial charge in [0.25, 0.3) is 5.91 Å². The summed E-state index contributed by atoms with van der Waals surface area (Å²) in [6.45, 7) is 6.16. The van der Waals surface area contributed by atoms with Crippen LogP contribution in [0.4, 0.5) is 4.39 Å². The molecule has 1 aromatic rings. The number of nitrogens with zero attached hydrogens (tertiary/aromatic N) is 2. The molecule has 1 heterocycles. The van der Waals surface area contributed by atoms with Gasteiger partial charge in [-0.25, -0.2) is 4.39 Å². The first-order valence-electron chi connectivity index (χ1n) is 7.63. The van der Waals surface area contributed by atoms with E-state index in [0.717, 1.165) is 0 Å². The van der Waals surface area contributed by atoms with Crippen LogP contribution in [-0.2, 0) is 4.79 Å². The molecule has 2 amide bonds. The number of benzene rings is 1. The van der Waals surface area contributed by atoms with E-state index in [1.807, 2.05) is 18.7 Å². The van der Waals surface area contributed by atoms with Crippen molar-refractivity contribution in [2.75, 3.05) is 32.7 Å². The lowest BCUT2D eigenvalue weighted by molar-refractivity contribution is -0.123. The van der Waals surface area contributed by atoms with Crippen molar-refractivity contribution in [2.45, 2.75) is 19.9 Å². The molecule has 1 fully saturated rings. The minimum Gasteiger partial charge on any atom is -0.353 e. The van der Waals surface area contributed by atoms with Crippen LogP contribution in [0.15, 0.2) is 18.2 Å². The van der Waals surface area contributed by atoms with Crippen molar-refractivity contribution >= 4 is 23.4 Å². The Hall–Kier alpha value is -1.66. The molecule has 7 heteroatoms. The molecule has 0 aliphatic carbocycles. The second-order valence-electron chi connectivity index (χ2n) is 5.89. The van der Waals surface area contributed by atoms with Gasteiger partial charge < -0.3 is 10.2 Å². The van der Waals surface area contributed by atoms with Crippen molar-refractivity contribution in [3.05, 3.63) is 34.6 Å². The molecule has 2 rings (SSSR count). The fraction of sp³-hybridized carbons (Fsp3) is 0.500. The van der Waals surface area contributed by atoms with Crippen LogP contribution in [0.1, 0.15) is 24.2 Å². The number of carbonyl (C=O) groups is 2. The fourth-order valence-corrected chi connectivity index (χ4v) is 2.78. The molecular formula is C16H21ClFN3O2. The van der Waals surface area contributed by atoms with Crippen LogP contribution in [0.2, 0.25) is 5.02 Å². The average Bonchev–Trinajstić information content (AvgIpc) is 2.46. The highest BCUT2D eigenvalue weighted by Gasteiger charge is 2.26. The highest BCUT2D eigenvalue weighted by atomic mass is 35.5. The Balaban J connectivity index is 1.92. The molecule has 0 atom stereocenters. The third kappa shape index (κ3) is 4.65. The smallest absolute Gasteiger partial charge is 0.258 e. The maximum absolute atomic E-state index is 13.8. The normalized spacial score (nSPS) is 15.8. The van der Waals surface area contributed by atoms with Crippen molar-refractivity contribution in [3.8, 4) is 0 Å². The molecule has 0 saturated carbocycles. The largest absolute Gasteiger partial charge is 0.353 e. The zero-order chi connectivity index (χ0) is 17.0. The van der Waals surface area contributed by atoms with Crippen LogP contribution in [-0.4, -0.2) is 60.4 Å². The van der Waals surface area contributed by atoms with Gasteiger partial charge in [0.1, 0.15) is 5.82 Å². The maximum atomic E-state index is 13.8. The Labute approximate surface area is 140 Å². The molecule has 23 heavy (non-hydrogen) atoms. The third-order valence-corrected chi connectivity index (χ3v) is 3.97. The minimum absolute atomic E-state index is 0.0306. The summed E-state index contributed by atoms with van der Waals surface area (Å²) in [6.07, 6.45) is 0. The van der Waals surface area contributed by atoms with Gasteiger partial charge in [-0.1, -0.05) is 17.7 Å². The lowest BCUT2D eigenvalue weighted by Gasteiger charge is -2.34. The van der Waals surface area contributed by atoms with Gasteiger partial charge in [0.05, 0.1) is 17.1 Å². The van der Waals surface area contributed by atoms with Gasteiger partial charge >= 0.3 is 0 Å². The topological polar surface area (TPSA) is 52.7 Å². The summed E-state index contributed by atoms with van der Waals surface area (Å²) in [5, 5.41) is 2.96. The Morgan fingerprint density at radius 3 is 2.48 bits per heavy atom. The number of carbonyl (C=O) groups excluding carboxylic acids is 2. The van der Waals surface area contributed by atoms with Crippen LogP contribution in [0.25, 0.3) is 0 Å². The predicted octanol–water partition coefficient (Wildman–Crippen LogP) is 1.76. The summed E-state index contributed by atoms with van der Waals surface area (Å²) in [7, 11) is 0. The molecule has 1 aliphatic heterocycles. The highest BCUT2D eigenvalue weighted by molar-refractivity contribution is 6.33. The first kappa shape index (κ1) is 17.7. The number of rotatable bonds is 4. The molecule has 126 valence electrons. The molecule has 0 spiro atoms. The Morgan fingerprint density at radius 1 is 1.26 bits per heavy atom. The average molecular weight is 342 g/mol. The quantitative estimate of drug-likeness (QED) is 0.908. The van der Waals surface area contributed by atoms with E-state index >= 15 is 0 Å². The van der Waals surface area contributed by atoms with Crippen LogP contribution < -0.4 is 5.32 Å². The first-order chi connectivity index (χ1) is 10.9. The van der Waals surface area contributed by atoms with Gasteiger partial charge in [-0.3, -0.25) is 14.5 Å². The maximum Gasteiger partial charge on any atom is 0.258 e. The Kier molecular flexibility index (Phi) is 5.96. The van der Waals surface area contributed by atoms with E-state index in [4.69, 9.17) is 11.6 Å². The summed E-state index contributed by atoms with van der Waals surface area (Å²) < 4.78 is 13.8. The molecule has 1 aliphatic rings. The van der Waals surface area contributed by atoms with Gasteiger partial charge in [0, 0.05) is 32.2 Å². The number of piperazine rings is 1. The van der Waals surface area contributed by atoms with Gasteiger partial charge in [-0.05, 0) is 26.0 Å². The molecule has 1 N–H and O–H groups in total. The Morgan fingerprint density at radius 2 is 1.91 bits per heavy atom.